The number of piperidine rings is 1. The molecular formula is C19H27ClN4O4. The molecule has 1 aromatic rings. The van der Waals surface area contributed by atoms with Crippen molar-refractivity contribution in [1.82, 2.24) is 15.1 Å². The van der Waals surface area contributed by atoms with Crippen molar-refractivity contribution in [2.24, 2.45) is 0 Å². The third kappa shape index (κ3) is 3.72. The molecule has 2 saturated heterocycles. The van der Waals surface area contributed by atoms with Crippen LogP contribution in [-0.2, 0) is 4.79 Å². The Bertz CT molecular complexity index is 777. The van der Waals surface area contributed by atoms with E-state index in [1.54, 1.807) is 24.0 Å². The molecule has 2 aliphatic rings. The Morgan fingerprint density at radius 1 is 1.25 bits per heavy atom. The molecule has 8 nitrogen and oxygen atoms in total. The maximum absolute atomic E-state index is 13.3. The highest BCUT2D eigenvalue weighted by Crippen LogP contribution is 2.39. The van der Waals surface area contributed by atoms with Gasteiger partial charge in [-0.25, -0.2) is 9.59 Å². The molecule has 1 spiro atoms. The number of carbonyl (C=O) groups excluding carboxylic acids is 2. The van der Waals surface area contributed by atoms with Gasteiger partial charge in [-0.15, -0.1) is 12.4 Å². The number of benzene rings is 1. The molecule has 3 rings (SSSR count). The Morgan fingerprint density at radius 2 is 1.89 bits per heavy atom. The number of amides is 3. The summed E-state index contributed by atoms with van der Waals surface area (Å²) in [6.45, 7) is 3.94. The van der Waals surface area contributed by atoms with Crippen LogP contribution >= 0.6 is 12.4 Å². The van der Waals surface area contributed by atoms with Gasteiger partial charge in [-0.1, -0.05) is 0 Å². The number of anilines is 1. The van der Waals surface area contributed by atoms with Crippen molar-refractivity contribution in [1.29, 1.82) is 0 Å². The van der Waals surface area contributed by atoms with E-state index >= 15 is 0 Å². The average Bonchev–Trinajstić information content (AvgIpc) is 2.80. The van der Waals surface area contributed by atoms with Crippen LogP contribution in [0.3, 0.4) is 0 Å². The maximum atomic E-state index is 13.3. The van der Waals surface area contributed by atoms with Gasteiger partial charge in [-0.05, 0) is 70.7 Å². The molecule has 0 radical (unpaired) electrons. The topological polar surface area (TPSA) is 93.2 Å². The Hall–Kier alpha value is -2.16. The molecule has 28 heavy (non-hydrogen) atoms. The monoisotopic (exact) mass is 410 g/mol. The molecule has 9 heteroatoms. The minimum absolute atomic E-state index is 0. The van der Waals surface area contributed by atoms with Gasteiger partial charge in [0.25, 0.3) is 5.91 Å². The second-order valence-corrected chi connectivity index (χ2v) is 7.46. The zero-order valence-corrected chi connectivity index (χ0v) is 17.2. The molecule has 2 aliphatic heterocycles. The van der Waals surface area contributed by atoms with E-state index in [-0.39, 0.29) is 29.9 Å². The first-order chi connectivity index (χ1) is 12.8. The number of urea groups is 1. The van der Waals surface area contributed by atoms with Gasteiger partial charge in [0.1, 0.15) is 5.54 Å². The number of carboxylic acid groups (broad SMARTS) is 1. The summed E-state index contributed by atoms with van der Waals surface area (Å²) in [5.74, 6) is -1.16. The first-order valence-electron chi connectivity index (χ1n) is 9.13. The summed E-state index contributed by atoms with van der Waals surface area (Å²) in [7, 11) is 3.80. The molecule has 0 saturated carbocycles. The lowest BCUT2D eigenvalue weighted by Crippen LogP contribution is -2.56. The number of carboxylic acids is 1. The number of nitrogens with one attached hydrogen (secondary N) is 1. The predicted octanol–water partition coefficient (Wildman–Crippen LogP) is 1.57. The molecule has 0 aliphatic carbocycles. The Balaban J connectivity index is 0.00000280. The summed E-state index contributed by atoms with van der Waals surface area (Å²) in [5.41, 5.74) is 0.438. The molecule has 1 aromatic carbocycles. The van der Waals surface area contributed by atoms with E-state index < -0.39 is 11.5 Å². The van der Waals surface area contributed by atoms with Crippen molar-refractivity contribution in [3.63, 3.8) is 0 Å². The standard InChI is InChI=1S/C19H26N4O4.ClH/c1-13-12-14(4-5-15(13)16(24)25)23-18(27)22(11-10-21(2)3)17(26)19(23)6-8-20-9-7-19;/h4-5,12,20H,6-11H2,1-3H3,(H,24,25);1H. The predicted molar refractivity (Wildman–Crippen MR) is 108 cm³/mol. The summed E-state index contributed by atoms with van der Waals surface area (Å²) in [6, 6.07) is 4.49. The summed E-state index contributed by atoms with van der Waals surface area (Å²) in [5, 5.41) is 12.5. The van der Waals surface area contributed by atoms with Crippen LogP contribution in [-0.4, -0.2) is 78.6 Å². The second-order valence-electron chi connectivity index (χ2n) is 7.46. The number of hydrogen-bond acceptors (Lipinski definition) is 5. The molecule has 0 aromatic heterocycles. The van der Waals surface area contributed by atoms with E-state index in [0.29, 0.717) is 50.3 Å². The normalized spacial score (nSPS) is 18.7. The fraction of sp³-hybridized carbons (Fsp3) is 0.526. The average molecular weight is 411 g/mol. The van der Waals surface area contributed by atoms with Gasteiger partial charge in [0.05, 0.1) is 5.56 Å². The second kappa shape index (κ2) is 8.46. The number of hydrogen-bond donors (Lipinski definition) is 2. The first-order valence-corrected chi connectivity index (χ1v) is 9.13. The van der Waals surface area contributed by atoms with Gasteiger partial charge < -0.3 is 15.3 Å². The van der Waals surface area contributed by atoms with Gasteiger partial charge in [-0.3, -0.25) is 14.6 Å². The fourth-order valence-electron chi connectivity index (χ4n) is 3.90. The van der Waals surface area contributed by atoms with Crippen LogP contribution in [0.15, 0.2) is 18.2 Å². The Kier molecular flexibility index (Phi) is 6.69. The van der Waals surface area contributed by atoms with Crippen molar-refractivity contribution in [2.45, 2.75) is 25.3 Å². The molecule has 0 bridgehead atoms. The zero-order chi connectivity index (χ0) is 19.8. The first kappa shape index (κ1) is 22.1. The van der Waals surface area contributed by atoms with Crippen LogP contribution in [0.1, 0.15) is 28.8 Å². The molecule has 2 fully saturated rings. The zero-order valence-electron chi connectivity index (χ0n) is 16.4. The number of rotatable bonds is 5. The minimum atomic E-state index is -1.01. The van der Waals surface area contributed by atoms with Crippen LogP contribution in [0, 0.1) is 6.92 Å². The molecular weight excluding hydrogens is 384 g/mol. The van der Waals surface area contributed by atoms with E-state index in [1.165, 1.54) is 11.0 Å². The van der Waals surface area contributed by atoms with E-state index in [0.717, 1.165) is 0 Å². The maximum Gasteiger partial charge on any atom is 0.335 e. The molecule has 3 amide bonds. The summed E-state index contributed by atoms with van der Waals surface area (Å²) < 4.78 is 0. The number of aromatic carboxylic acids is 1. The quantitative estimate of drug-likeness (QED) is 0.716. The van der Waals surface area contributed by atoms with E-state index in [4.69, 9.17) is 0 Å². The summed E-state index contributed by atoms with van der Waals surface area (Å²) in [6.07, 6.45) is 1.07. The van der Waals surface area contributed by atoms with E-state index in [9.17, 15) is 19.5 Å². The van der Waals surface area contributed by atoms with Gasteiger partial charge in [0, 0.05) is 18.8 Å². The number of nitrogens with zero attached hydrogens (tertiary/aromatic N) is 3. The van der Waals surface area contributed by atoms with Crippen molar-refractivity contribution in [3.05, 3.63) is 29.3 Å². The molecule has 0 atom stereocenters. The minimum Gasteiger partial charge on any atom is -0.478 e. The molecule has 154 valence electrons. The third-order valence-corrected chi connectivity index (χ3v) is 5.39. The largest absolute Gasteiger partial charge is 0.478 e. The Morgan fingerprint density at radius 3 is 2.43 bits per heavy atom. The van der Waals surface area contributed by atoms with Crippen LogP contribution in [0.2, 0.25) is 0 Å². The van der Waals surface area contributed by atoms with Gasteiger partial charge in [0.2, 0.25) is 0 Å². The van der Waals surface area contributed by atoms with Crippen molar-refractivity contribution in [2.75, 3.05) is 45.2 Å². The van der Waals surface area contributed by atoms with Crippen LogP contribution in [0.4, 0.5) is 10.5 Å². The number of halogens is 1. The number of aryl methyl sites for hydroxylation is 1. The Labute approximate surface area is 170 Å². The smallest absolute Gasteiger partial charge is 0.335 e. The highest BCUT2D eigenvalue weighted by atomic mass is 35.5. The van der Waals surface area contributed by atoms with Gasteiger partial charge in [-0.2, -0.15) is 0 Å². The van der Waals surface area contributed by atoms with Crippen molar-refractivity contribution >= 4 is 36.0 Å². The highest BCUT2D eigenvalue weighted by molar-refractivity contribution is 6.17. The van der Waals surface area contributed by atoms with Crippen molar-refractivity contribution < 1.29 is 19.5 Å². The van der Waals surface area contributed by atoms with E-state index in [2.05, 4.69) is 5.32 Å². The lowest BCUT2D eigenvalue weighted by atomic mass is 9.86. The van der Waals surface area contributed by atoms with E-state index in [1.807, 2.05) is 19.0 Å². The molecule has 0 unspecified atom stereocenters. The number of carbonyl (C=O) groups is 3. The van der Waals surface area contributed by atoms with Crippen LogP contribution in [0.5, 0.6) is 0 Å². The lowest BCUT2D eigenvalue weighted by Gasteiger charge is -2.38. The van der Waals surface area contributed by atoms with Gasteiger partial charge in [0.15, 0.2) is 0 Å². The SMILES string of the molecule is Cc1cc(N2C(=O)N(CCN(C)C)C(=O)C23CCNCC3)ccc1C(=O)O.Cl. The molecule has 2 heterocycles. The third-order valence-electron chi connectivity index (χ3n) is 5.39. The van der Waals surface area contributed by atoms with Gasteiger partial charge >= 0.3 is 12.0 Å². The van der Waals surface area contributed by atoms with Crippen LogP contribution < -0.4 is 10.2 Å². The van der Waals surface area contributed by atoms with Crippen molar-refractivity contribution in [3.8, 4) is 0 Å². The highest BCUT2D eigenvalue weighted by Gasteiger charge is 2.57. The summed E-state index contributed by atoms with van der Waals surface area (Å²) in [4.78, 5) is 42.7. The number of imide groups is 1. The lowest BCUT2D eigenvalue weighted by molar-refractivity contribution is -0.131. The fourth-order valence-corrected chi connectivity index (χ4v) is 3.90. The molecule has 2 N–H and O–H groups in total. The van der Waals surface area contributed by atoms with Crippen LogP contribution in [0.25, 0.3) is 0 Å². The number of likely N-dealkylation sites (N-methyl/N-ethyl adjacent to an activating group) is 1. The summed E-state index contributed by atoms with van der Waals surface area (Å²) >= 11 is 0.